The van der Waals surface area contributed by atoms with Crippen molar-refractivity contribution in [3.8, 4) is 0 Å². The lowest BCUT2D eigenvalue weighted by atomic mass is 10.2. The summed E-state index contributed by atoms with van der Waals surface area (Å²) in [4.78, 5) is 18.0. The zero-order chi connectivity index (χ0) is 18.4. The summed E-state index contributed by atoms with van der Waals surface area (Å²) in [7, 11) is 1.83. The van der Waals surface area contributed by atoms with E-state index in [4.69, 9.17) is 0 Å². The number of nitrogens with zero attached hydrogens (tertiary/aromatic N) is 7. The van der Waals surface area contributed by atoms with Gasteiger partial charge in [-0.05, 0) is 6.42 Å². The van der Waals surface area contributed by atoms with E-state index in [9.17, 15) is 4.79 Å². The van der Waals surface area contributed by atoms with Crippen LogP contribution in [0.1, 0.15) is 12.5 Å². The van der Waals surface area contributed by atoms with Gasteiger partial charge in [-0.1, -0.05) is 24.3 Å². The molecule has 2 aliphatic rings. The zero-order valence-electron chi connectivity index (χ0n) is 15.2. The van der Waals surface area contributed by atoms with Gasteiger partial charge in [0.15, 0.2) is 5.82 Å². The molecule has 1 aromatic carbocycles. The van der Waals surface area contributed by atoms with Crippen molar-refractivity contribution in [2.45, 2.75) is 12.5 Å². The standard InChI is InChI=1S/C19H21N7O/c1-23-8-9-25(19(23)27)16-11-21-26(13-16)15-6-7-24(12-15)18-17-5-3-2-4-14(17)10-20-22-18/h2-5,10-11,13,15H,6-9,12H2,1H3. The Morgan fingerprint density at radius 1 is 1.11 bits per heavy atom. The molecule has 5 rings (SSSR count). The summed E-state index contributed by atoms with van der Waals surface area (Å²) in [6.07, 6.45) is 6.56. The molecule has 2 fully saturated rings. The smallest absolute Gasteiger partial charge is 0.324 e. The van der Waals surface area contributed by atoms with Crippen molar-refractivity contribution >= 4 is 28.3 Å². The molecule has 0 bridgehead atoms. The van der Waals surface area contributed by atoms with Crippen LogP contribution in [0.4, 0.5) is 16.3 Å². The number of rotatable bonds is 3. The van der Waals surface area contributed by atoms with Gasteiger partial charge in [0.1, 0.15) is 0 Å². The monoisotopic (exact) mass is 363 g/mol. The molecule has 8 nitrogen and oxygen atoms in total. The number of carbonyl (C=O) groups excluding carboxylic acids is 1. The van der Waals surface area contributed by atoms with E-state index in [0.29, 0.717) is 6.54 Å². The second kappa shape index (κ2) is 6.22. The minimum absolute atomic E-state index is 0.0358. The van der Waals surface area contributed by atoms with Crippen LogP contribution in [0.15, 0.2) is 42.9 Å². The molecular formula is C19H21N7O. The molecule has 2 amide bonds. The van der Waals surface area contributed by atoms with E-state index in [1.165, 1.54) is 0 Å². The van der Waals surface area contributed by atoms with Crippen molar-refractivity contribution in [2.24, 2.45) is 0 Å². The molecule has 4 heterocycles. The predicted octanol–water partition coefficient (Wildman–Crippen LogP) is 2.15. The van der Waals surface area contributed by atoms with E-state index in [1.807, 2.05) is 30.1 Å². The Kier molecular flexibility index (Phi) is 3.70. The molecular weight excluding hydrogens is 342 g/mol. The van der Waals surface area contributed by atoms with Gasteiger partial charge in [-0.3, -0.25) is 9.58 Å². The SMILES string of the molecule is CN1CCN(c2cnn(C3CCN(c4nncc5ccccc45)C3)c2)C1=O. The minimum atomic E-state index is 0.0358. The zero-order valence-corrected chi connectivity index (χ0v) is 15.2. The van der Waals surface area contributed by atoms with E-state index in [-0.39, 0.29) is 12.1 Å². The number of carbonyl (C=O) groups is 1. The number of hydrogen-bond donors (Lipinski definition) is 0. The van der Waals surface area contributed by atoms with Gasteiger partial charge < -0.3 is 9.80 Å². The summed E-state index contributed by atoms with van der Waals surface area (Å²) >= 11 is 0. The van der Waals surface area contributed by atoms with Crippen LogP contribution in [-0.2, 0) is 0 Å². The molecule has 0 radical (unpaired) electrons. The van der Waals surface area contributed by atoms with Crippen LogP contribution in [0.3, 0.4) is 0 Å². The van der Waals surface area contributed by atoms with Gasteiger partial charge in [-0.15, -0.1) is 5.10 Å². The quantitative estimate of drug-likeness (QED) is 0.713. The lowest BCUT2D eigenvalue weighted by Crippen LogP contribution is -2.28. The molecule has 1 unspecified atom stereocenters. The largest absolute Gasteiger partial charge is 0.352 e. The van der Waals surface area contributed by atoms with Crippen LogP contribution in [0.25, 0.3) is 10.8 Å². The van der Waals surface area contributed by atoms with Crippen molar-refractivity contribution < 1.29 is 4.79 Å². The highest BCUT2D eigenvalue weighted by Gasteiger charge is 2.30. The first-order chi connectivity index (χ1) is 13.2. The Morgan fingerprint density at radius 3 is 2.85 bits per heavy atom. The van der Waals surface area contributed by atoms with Gasteiger partial charge in [0.2, 0.25) is 0 Å². The molecule has 0 N–H and O–H groups in total. The highest BCUT2D eigenvalue weighted by Crippen LogP contribution is 2.31. The highest BCUT2D eigenvalue weighted by molar-refractivity contribution is 5.93. The van der Waals surface area contributed by atoms with Gasteiger partial charge >= 0.3 is 6.03 Å². The third kappa shape index (κ3) is 2.68. The molecule has 2 aliphatic heterocycles. The van der Waals surface area contributed by atoms with Crippen LogP contribution in [0, 0.1) is 0 Å². The van der Waals surface area contributed by atoms with Gasteiger partial charge in [0, 0.05) is 50.2 Å². The molecule has 27 heavy (non-hydrogen) atoms. The Balaban J connectivity index is 1.36. The number of urea groups is 1. The van der Waals surface area contributed by atoms with E-state index < -0.39 is 0 Å². The molecule has 0 spiro atoms. The van der Waals surface area contributed by atoms with Gasteiger partial charge in [-0.2, -0.15) is 10.2 Å². The second-order valence-corrected chi connectivity index (χ2v) is 7.18. The van der Waals surface area contributed by atoms with Gasteiger partial charge in [0.05, 0.1) is 24.1 Å². The number of anilines is 2. The van der Waals surface area contributed by atoms with E-state index in [1.54, 1.807) is 22.2 Å². The summed E-state index contributed by atoms with van der Waals surface area (Å²) in [6.45, 7) is 3.20. The number of benzene rings is 1. The Labute approximate surface area is 157 Å². The summed E-state index contributed by atoms with van der Waals surface area (Å²) in [5.74, 6) is 0.930. The maximum atomic E-state index is 12.2. The molecule has 0 aliphatic carbocycles. The number of fused-ring (bicyclic) bond motifs is 1. The number of hydrogen-bond acceptors (Lipinski definition) is 5. The van der Waals surface area contributed by atoms with E-state index in [2.05, 4.69) is 32.3 Å². The first-order valence-electron chi connectivity index (χ1n) is 9.23. The maximum absolute atomic E-state index is 12.2. The average molecular weight is 363 g/mol. The lowest BCUT2D eigenvalue weighted by Gasteiger charge is -2.18. The summed E-state index contributed by atoms with van der Waals surface area (Å²) in [5, 5.41) is 15.3. The fourth-order valence-corrected chi connectivity index (χ4v) is 3.95. The number of likely N-dealkylation sites (N-methyl/N-ethyl adjacent to an activating group) is 1. The summed E-state index contributed by atoms with van der Waals surface area (Å²) in [5.41, 5.74) is 0.868. The second-order valence-electron chi connectivity index (χ2n) is 7.18. The van der Waals surface area contributed by atoms with Crippen molar-refractivity contribution in [1.29, 1.82) is 0 Å². The van der Waals surface area contributed by atoms with Crippen LogP contribution < -0.4 is 9.80 Å². The Hall–Kier alpha value is -3.16. The highest BCUT2D eigenvalue weighted by atomic mass is 16.2. The summed E-state index contributed by atoms with van der Waals surface area (Å²) in [6, 6.07) is 8.50. The molecule has 1 atom stereocenters. The first-order valence-corrected chi connectivity index (χ1v) is 9.23. The van der Waals surface area contributed by atoms with Gasteiger partial charge in [-0.25, -0.2) is 4.79 Å². The van der Waals surface area contributed by atoms with Crippen LogP contribution >= 0.6 is 0 Å². The van der Waals surface area contributed by atoms with Gasteiger partial charge in [0.25, 0.3) is 0 Å². The maximum Gasteiger partial charge on any atom is 0.324 e. The predicted molar refractivity (Wildman–Crippen MR) is 103 cm³/mol. The molecule has 2 saturated heterocycles. The van der Waals surface area contributed by atoms with Crippen LogP contribution in [0.2, 0.25) is 0 Å². The fraction of sp³-hybridized carbons (Fsp3) is 0.368. The topological polar surface area (TPSA) is 70.4 Å². The molecule has 2 aromatic heterocycles. The molecule has 3 aromatic rings. The van der Waals surface area contributed by atoms with Crippen molar-refractivity contribution in [3.63, 3.8) is 0 Å². The normalized spacial score (nSPS) is 20.3. The Bertz CT molecular complexity index is 995. The number of aromatic nitrogens is 4. The fourth-order valence-electron chi connectivity index (χ4n) is 3.95. The Morgan fingerprint density at radius 2 is 2.00 bits per heavy atom. The number of amides is 2. The van der Waals surface area contributed by atoms with Crippen molar-refractivity contribution in [1.82, 2.24) is 24.9 Å². The first kappa shape index (κ1) is 16.0. The minimum Gasteiger partial charge on any atom is -0.352 e. The molecule has 138 valence electrons. The van der Waals surface area contributed by atoms with E-state index in [0.717, 1.165) is 48.3 Å². The van der Waals surface area contributed by atoms with Crippen molar-refractivity contribution in [2.75, 3.05) is 43.0 Å². The van der Waals surface area contributed by atoms with Crippen LogP contribution in [-0.4, -0.2) is 64.1 Å². The molecule has 0 saturated carbocycles. The van der Waals surface area contributed by atoms with Crippen LogP contribution in [0.5, 0.6) is 0 Å². The van der Waals surface area contributed by atoms with Crippen molar-refractivity contribution in [3.05, 3.63) is 42.9 Å². The third-order valence-electron chi connectivity index (χ3n) is 5.50. The average Bonchev–Trinajstić information content (AvgIpc) is 3.42. The van der Waals surface area contributed by atoms with E-state index >= 15 is 0 Å². The lowest BCUT2D eigenvalue weighted by molar-refractivity contribution is 0.229. The summed E-state index contributed by atoms with van der Waals surface area (Å²) < 4.78 is 1.99. The molecule has 8 heteroatoms. The third-order valence-corrected chi connectivity index (χ3v) is 5.50.